The summed E-state index contributed by atoms with van der Waals surface area (Å²) in [6.45, 7) is 5.25. The first-order valence-corrected chi connectivity index (χ1v) is 10.3. The number of rotatable bonds is 5. The van der Waals surface area contributed by atoms with Crippen LogP contribution in [0.2, 0.25) is 0 Å². The van der Waals surface area contributed by atoms with E-state index in [1.54, 1.807) is 7.11 Å². The summed E-state index contributed by atoms with van der Waals surface area (Å²) in [5, 5.41) is 4.15. The summed E-state index contributed by atoms with van der Waals surface area (Å²) >= 11 is 0. The van der Waals surface area contributed by atoms with Crippen LogP contribution in [0.3, 0.4) is 0 Å². The molecule has 0 spiro atoms. The zero-order chi connectivity index (χ0) is 20.9. The Hall–Kier alpha value is -3.16. The number of carbonyl (C=O) groups excluding carboxylic acids is 1. The molecule has 1 N–H and O–H groups in total. The maximum atomic E-state index is 13.5. The van der Waals surface area contributed by atoms with Crippen LogP contribution >= 0.6 is 0 Å². The minimum absolute atomic E-state index is 0.0313. The summed E-state index contributed by atoms with van der Waals surface area (Å²) in [5.41, 5.74) is 1.98. The van der Waals surface area contributed by atoms with E-state index in [9.17, 15) is 4.79 Å². The Morgan fingerprint density at radius 3 is 2.93 bits per heavy atom. The molecule has 0 aromatic carbocycles. The maximum absolute atomic E-state index is 13.5. The summed E-state index contributed by atoms with van der Waals surface area (Å²) in [4.78, 5) is 28.6. The molecule has 8 heteroatoms. The average Bonchev–Trinajstić information content (AvgIpc) is 3.16. The third-order valence-corrected chi connectivity index (χ3v) is 6.15. The fourth-order valence-corrected chi connectivity index (χ4v) is 4.11. The number of pyridine rings is 1. The molecule has 4 heterocycles. The van der Waals surface area contributed by atoms with Gasteiger partial charge in [0.2, 0.25) is 11.6 Å². The maximum Gasteiger partial charge on any atom is 0.258 e. The molecule has 30 heavy (non-hydrogen) atoms. The molecule has 1 saturated carbocycles. The topological polar surface area (TPSA) is 93.4 Å². The molecule has 8 nitrogen and oxygen atoms in total. The quantitative estimate of drug-likeness (QED) is 0.691. The van der Waals surface area contributed by atoms with Gasteiger partial charge in [-0.3, -0.25) is 4.79 Å². The fraction of sp³-hybridized carbons (Fsp3) is 0.455. The number of aromatic nitrogens is 3. The van der Waals surface area contributed by atoms with E-state index in [0.29, 0.717) is 47.2 Å². The first kappa shape index (κ1) is 18.8. The van der Waals surface area contributed by atoms with Gasteiger partial charge < -0.3 is 19.4 Å². The standard InChI is InChI=1S/C22H25N5O3/c1-13-17(18-19(26-22(2)8-9-22)23-12-24-20(18)30-13)21(28)27-10-7-14(11-27)15-5-4-6-16(25-15)29-3/h4-6,12,14H,7-11H2,1-3H3,(H,23,24,26). The van der Waals surface area contributed by atoms with Gasteiger partial charge in [-0.2, -0.15) is 0 Å². The lowest BCUT2D eigenvalue weighted by atomic mass is 10.0. The van der Waals surface area contributed by atoms with Gasteiger partial charge in [0.15, 0.2) is 0 Å². The lowest BCUT2D eigenvalue weighted by molar-refractivity contribution is 0.0790. The van der Waals surface area contributed by atoms with E-state index in [1.807, 2.05) is 30.0 Å². The second-order valence-electron chi connectivity index (χ2n) is 8.46. The van der Waals surface area contributed by atoms with Gasteiger partial charge in [0.05, 0.1) is 18.1 Å². The highest BCUT2D eigenvalue weighted by Crippen LogP contribution is 2.40. The van der Waals surface area contributed by atoms with Crippen molar-refractivity contribution in [3.05, 3.63) is 41.5 Å². The molecule has 156 valence electrons. The van der Waals surface area contributed by atoms with E-state index < -0.39 is 0 Å². The van der Waals surface area contributed by atoms with Crippen LogP contribution in [-0.4, -0.2) is 51.5 Å². The highest BCUT2D eigenvalue weighted by molar-refractivity contribution is 6.10. The van der Waals surface area contributed by atoms with Crippen molar-refractivity contribution in [3.63, 3.8) is 0 Å². The highest BCUT2D eigenvalue weighted by atomic mass is 16.5. The van der Waals surface area contributed by atoms with Crippen molar-refractivity contribution in [3.8, 4) is 5.88 Å². The molecule has 1 saturated heterocycles. The summed E-state index contributed by atoms with van der Waals surface area (Å²) in [5.74, 6) is 1.97. The van der Waals surface area contributed by atoms with Gasteiger partial charge >= 0.3 is 0 Å². The van der Waals surface area contributed by atoms with Crippen LogP contribution in [-0.2, 0) is 0 Å². The van der Waals surface area contributed by atoms with Gasteiger partial charge in [0.1, 0.15) is 17.9 Å². The van der Waals surface area contributed by atoms with Crippen LogP contribution in [0.5, 0.6) is 5.88 Å². The van der Waals surface area contributed by atoms with E-state index in [1.165, 1.54) is 6.33 Å². The molecule has 1 aliphatic carbocycles. The van der Waals surface area contributed by atoms with Crippen molar-refractivity contribution in [2.45, 2.75) is 44.6 Å². The van der Waals surface area contributed by atoms with Crippen LogP contribution in [0.4, 0.5) is 5.82 Å². The van der Waals surface area contributed by atoms with Crippen molar-refractivity contribution < 1.29 is 13.9 Å². The molecule has 0 radical (unpaired) electrons. The lowest BCUT2D eigenvalue weighted by Crippen LogP contribution is -2.29. The number of furan rings is 1. The average molecular weight is 407 g/mol. The lowest BCUT2D eigenvalue weighted by Gasteiger charge is -2.18. The zero-order valence-electron chi connectivity index (χ0n) is 17.4. The normalized spacial score (nSPS) is 19.8. The monoisotopic (exact) mass is 407 g/mol. The van der Waals surface area contributed by atoms with Crippen molar-refractivity contribution in [2.75, 3.05) is 25.5 Å². The Morgan fingerprint density at radius 1 is 1.33 bits per heavy atom. The van der Waals surface area contributed by atoms with E-state index in [4.69, 9.17) is 9.15 Å². The van der Waals surface area contributed by atoms with Gasteiger partial charge in [-0.15, -0.1) is 0 Å². The van der Waals surface area contributed by atoms with Gasteiger partial charge in [-0.1, -0.05) is 6.07 Å². The number of carbonyl (C=O) groups is 1. The molecule has 3 aromatic rings. The number of amides is 1. The number of fused-ring (bicyclic) bond motifs is 1. The molecule has 3 aromatic heterocycles. The van der Waals surface area contributed by atoms with Crippen LogP contribution in [0, 0.1) is 6.92 Å². The summed E-state index contributed by atoms with van der Waals surface area (Å²) in [6.07, 6.45) is 4.51. The molecule has 0 bridgehead atoms. The number of nitrogens with zero attached hydrogens (tertiary/aromatic N) is 4. The molecule has 2 aliphatic rings. The van der Waals surface area contributed by atoms with Crippen LogP contribution in [0.1, 0.15) is 53.9 Å². The summed E-state index contributed by atoms with van der Waals surface area (Å²) < 4.78 is 11.1. The summed E-state index contributed by atoms with van der Waals surface area (Å²) in [6, 6.07) is 5.76. The number of hydrogen-bond donors (Lipinski definition) is 1. The molecule has 2 fully saturated rings. The molecular weight excluding hydrogens is 382 g/mol. The molecule has 1 aliphatic heterocycles. The number of likely N-dealkylation sites (tertiary alicyclic amines) is 1. The minimum Gasteiger partial charge on any atom is -0.481 e. The van der Waals surface area contributed by atoms with Gasteiger partial charge in [-0.25, -0.2) is 15.0 Å². The number of hydrogen-bond acceptors (Lipinski definition) is 7. The molecule has 5 rings (SSSR count). The number of ether oxygens (including phenoxy) is 1. The van der Waals surface area contributed by atoms with Crippen molar-refractivity contribution in [1.82, 2.24) is 19.9 Å². The van der Waals surface area contributed by atoms with E-state index in [0.717, 1.165) is 25.0 Å². The van der Waals surface area contributed by atoms with Gasteiger partial charge in [-0.05, 0) is 39.2 Å². The molecule has 1 unspecified atom stereocenters. The van der Waals surface area contributed by atoms with E-state index in [-0.39, 0.29) is 17.4 Å². The minimum atomic E-state index is -0.0459. The Morgan fingerprint density at radius 2 is 2.17 bits per heavy atom. The zero-order valence-corrected chi connectivity index (χ0v) is 17.4. The smallest absolute Gasteiger partial charge is 0.258 e. The third kappa shape index (κ3) is 3.26. The van der Waals surface area contributed by atoms with Crippen molar-refractivity contribution in [2.24, 2.45) is 0 Å². The third-order valence-electron chi connectivity index (χ3n) is 6.15. The summed E-state index contributed by atoms with van der Waals surface area (Å²) in [7, 11) is 1.61. The number of methoxy groups -OCH3 is 1. The predicted molar refractivity (Wildman–Crippen MR) is 112 cm³/mol. The van der Waals surface area contributed by atoms with Crippen LogP contribution in [0.15, 0.2) is 28.9 Å². The van der Waals surface area contributed by atoms with Gasteiger partial charge in [0.25, 0.3) is 5.91 Å². The fourth-order valence-electron chi connectivity index (χ4n) is 4.11. The molecule has 1 amide bonds. The Balaban J connectivity index is 1.44. The second-order valence-corrected chi connectivity index (χ2v) is 8.46. The van der Waals surface area contributed by atoms with Crippen molar-refractivity contribution in [1.29, 1.82) is 0 Å². The van der Waals surface area contributed by atoms with E-state index in [2.05, 4.69) is 27.2 Å². The van der Waals surface area contributed by atoms with Crippen LogP contribution < -0.4 is 10.1 Å². The van der Waals surface area contributed by atoms with Crippen molar-refractivity contribution >= 4 is 22.8 Å². The molecular formula is C22H25N5O3. The Labute approximate surface area is 174 Å². The predicted octanol–water partition coefficient (Wildman–Crippen LogP) is 3.53. The molecule has 1 atom stereocenters. The number of anilines is 1. The van der Waals surface area contributed by atoms with Crippen LogP contribution in [0.25, 0.3) is 11.1 Å². The number of nitrogens with one attached hydrogen (secondary N) is 1. The Kier molecular flexibility index (Phi) is 4.38. The second kappa shape index (κ2) is 6.97. The Bertz CT molecular complexity index is 1120. The first-order valence-electron chi connectivity index (χ1n) is 10.3. The highest BCUT2D eigenvalue weighted by Gasteiger charge is 2.39. The SMILES string of the molecule is COc1cccc(C2CCN(C(=O)c3c(C)oc4ncnc(NC5(C)CC5)c34)C2)n1. The first-order chi connectivity index (χ1) is 14.5. The number of aryl methyl sites for hydroxylation is 1. The van der Waals surface area contributed by atoms with E-state index >= 15 is 0 Å². The van der Waals surface area contributed by atoms with Gasteiger partial charge in [0, 0.05) is 36.3 Å². The largest absolute Gasteiger partial charge is 0.481 e.